The zero-order valence-electron chi connectivity index (χ0n) is 13.9. The van der Waals surface area contributed by atoms with Crippen molar-refractivity contribution in [2.75, 3.05) is 13.6 Å². The summed E-state index contributed by atoms with van der Waals surface area (Å²) in [5, 5.41) is 9.84. The first kappa shape index (κ1) is 16.6. The number of hydrogen-bond donors (Lipinski definition) is 1. The van der Waals surface area contributed by atoms with Crippen molar-refractivity contribution in [3.63, 3.8) is 0 Å². The van der Waals surface area contributed by atoms with E-state index in [-0.39, 0.29) is 11.2 Å². The summed E-state index contributed by atoms with van der Waals surface area (Å²) in [6, 6.07) is 11.0. The van der Waals surface area contributed by atoms with Crippen LogP contribution in [0.1, 0.15) is 6.92 Å². The van der Waals surface area contributed by atoms with Gasteiger partial charge in [0, 0.05) is 19.7 Å². The van der Waals surface area contributed by atoms with Crippen LogP contribution >= 0.6 is 0 Å². The molecule has 0 aliphatic rings. The van der Waals surface area contributed by atoms with Gasteiger partial charge in [0.15, 0.2) is 5.43 Å². The number of phenols is 1. The Morgan fingerprint density at radius 2 is 1.92 bits per heavy atom. The van der Waals surface area contributed by atoms with Gasteiger partial charge in [-0.2, -0.15) is 0 Å². The summed E-state index contributed by atoms with van der Waals surface area (Å²) in [5.41, 5.74) is 1.16. The van der Waals surface area contributed by atoms with E-state index in [1.54, 1.807) is 31.3 Å². The molecule has 6 heteroatoms. The SMILES string of the molecule is CCN(C)C(=O)Oc1ccc(-c2coc3cc(O)ccc3c2=O)cc1. The van der Waals surface area contributed by atoms with Gasteiger partial charge < -0.3 is 19.2 Å². The van der Waals surface area contributed by atoms with Crippen molar-refractivity contribution >= 4 is 17.1 Å². The molecule has 3 rings (SSSR count). The van der Waals surface area contributed by atoms with Gasteiger partial charge in [-0.1, -0.05) is 12.1 Å². The maximum atomic E-state index is 12.6. The first-order valence-corrected chi connectivity index (χ1v) is 7.77. The second-order valence-electron chi connectivity index (χ2n) is 5.57. The zero-order chi connectivity index (χ0) is 18.0. The van der Waals surface area contributed by atoms with E-state index in [9.17, 15) is 14.7 Å². The molecule has 0 saturated heterocycles. The highest BCUT2D eigenvalue weighted by atomic mass is 16.6. The summed E-state index contributed by atoms with van der Waals surface area (Å²) in [6.07, 6.45) is 0.913. The average Bonchev–Trinajstić information content (AvgIpc) is 2.62. The molecular formula is C19H17NO5. The first-order valence-electron chi connectivity index (χ1n) is 7.77. The molecule has 25 heavy (non-hydrogen) atoms. The number of nitrogens with zero attached hydrogens (tertiary/aromatic N) is 1. The van der Waals surface area contributed by atoms with E-state index in [2.05, 4.69) is 0 Å². The molecule has 3 aromatic rings. The lowest BCUT2D eigenvalue weighted by Crippen LogP contribution is -2.29. The highest BCUT2D eigenvalue weighted by molar-refractivity contribution is 5.82. The summed E-state index contributed by atoms with van der Waals surface area (Å²) in [5.74, 6) is 0.427. The van der Waals surface area contributed by atoms with Gasteiger partial charge >= 0.3 is 6.09 Å². The van der Waals surface area contributed by atoms with Gasteiger partial charge in [0.2, 0.25) is 0 Å². The topological polar surface area (TPSA) is 80.0 Å². The number of carbonyl (C=O) groups excluding carboxylic acids is 1. The number of fused-ring (bicyclic) bond motifs is 1. The molecule has 0 bridgehead atoms. The van der Waals surface area contributed by atoms with Crippen molar-refractivity contribution in [1.82, 2.24) is 4.90 Å². The van der Waals surface area contributed by atoms with E-state index in [4.69, 9.17) is 9.15 Å². The van der Waals surface area contributed by atoms with Crippen molar-refractivity contribution in [2.45, 2.75) is 6.92 Å². The third kappa shape index (κ3) is 3.33. The van der Waals surface area contributed by atoms with Crippen LogP contribution in [0.3, 0.4) is 0 Å². The molecule has 2 aromatic carbocycles. The summed E-state index contributed by atoms with van der Waals surface area (Å²) in [7, 11) is 1.65. The number of hydrogen-bond acceptors (Lipinski definition) is 5. The van der Waals surface area contributed by atoms with E-state index < -0.39 is 6.09 Å². The van der Waals surface area contributed by atoms with Crippen LogP contribution in [-0.4, -0.2) is 29.7 Å². The van der Waals surface area contributed by atoms with Gasteiger partial charge in [-0.3, -0.25) is 4.79 Å². The average molecular weight is 339 g/mol. The van der Waals surface area contributed by atoms with E-state index in [1.165, 1.54) is 29.4 Å². The maximum Gasteiger partial charge on any atom is 0.414 e. The van der Waals surface area contributed by atoms with Crippen LogP contribution in [0.15, 0.2) is 57.9 Å². The fraction of sp³-hybridized carbons (Fsp3) is 0.158. The second kappa shape index (κ2) is 6.68. The Morgan fingerprint density at radius 1 is 1.20 bits per heavy atom. The first-order chi connectivity index (χ1) is 12.0. The van der Waals surface area contributed by atoms with Crippen molar-refractivity contribution in [3.8, 4) is 22.6 Å². The van der Waals surface area contributed by atoms with Crippen molar-refractivity contribution in [3.05, 3.63) is 59.0 Å². The molecule has 0 aliphatic heterocycles. The number of rotatable bonds is 3. The molecule has 0 unspecified atom stereocenters. The van der Waals surface area contributed by atoms with Crippen molar-refractivity contribution in [2.24, 2.45) is 0 Å². The van der Waals surface area contributed by atoms with E-state index in [0.717, 1.165) is 0 Å². The standard InChI is InChI=1S/C19H17NO5/c1-3-20(2)19(23)25-14-7-4-12(5-8-14)16-11-24-17-10-13(21)6-9-15(17)18(16)22/h4-11,21H,3H2,1-2H3. The molecule has 1 heterocycles. The van der Waals surface area contributed by atoms with E-state index in [0.29, 0.717) is 34.4 Å². The number of aromatic hydroxyl groups is 1. The van der Waals surface area contributed by atoms with Gasteiger partial charge in [-0.15, -0.1) is 0 Å². The molecule has 128 valence electrons. The molecule has 0 spiro atoms. The van der Waals surface area contributed by atoms with Crippen molar-refractivity contribution < 1.29 is 19.1 Å². The summed E-state index contributed by atoms with van der Waals surface area (Å²) in [6.45, 7) is 2.40. The van der Waals surface area contributed by atoms with Crippen LogP contribution in [0.4, 0.5) is 4.79 Å². The minimum Gasteiger partial charge on any atom is -0.508 e. The Hall–Kier alpha value is -3.28. The highest BCUT2D eigenvalue weighted by Crippen LogP contribution is 2.24. The van der Waals surface area contributed by atoms with Crippen molar-refractivity contribution in [1.29, 1.82) is 0 Å². The van der Waals surface area contributed by atoms with Gasteiger partial charge in [-0.25, -0.2) is 4.79 Å². The number of amides is 1. The minimum absolute atomic E-state index is 0.0339. The van der Waals surface area contributed by atoms with Crippen LogP contribution in [0.5, 0.6) is 11.5 Å². The smallest absolute Gasteiger partial charge is 0.414 e. The Morgan fingerprint density at radius 3 is 2.60 bits per heavy atom. The summed E-state index contributed by atoms with van der Waals surface area (Å²) >= 11 is 0. The monoisotopic (exact) mass is 339 g/mol. The normalized spacial score (nSPS) is 10.6. The number of ether oxygens (including phenoxy) is 1. The summed E-state index contributed by atoms with van der Waals surface area (Å²) in [4.78, 5) is 25.8. The zero-order valence-corrected chi connectivity index (χ0v) is 13.9. The Bertz CT molecular complexity index is 975. The van der Waals surface area contributed by atoms with E-state index >= 15 is 0 Å². The largest absolute Gasteiger partial charge is 0.508 e. The molecule has 0 atom stereocenters. The third-order valence-corrected chi connectivity index (χ3v) is 3.91. The van der Waals surface area contributed by atoms with Crippen LogP contribution in [0.25, 0.3) is 22.1 Å². The number of phenolic OH excluding ortho intramolecular Hbond substituents is 1. The van der Waals surface area contributed by atoms with Gasteiger partial charge in [0.25, 0.3) is 0 Å². The predicted molar refractivity (Wildman–Crippen MR) is 93.9 cm³/mol. The molecule has 0 fully saturated rings. The molecule has 0 aliphatic carbocycles. The second-order valence-corrected chi connectivity index (χ2v) is 5.57. The van der Waals surface area contributed by atoms with Crippen LogP contribution in [0, 0.1) is 0 Å². The van der Waals surface area contributed by atoms with Crippen LogP contribution in [0.2, 0.25) is 0 Å². The quantitative estimate of drug-likeness (QED) is 0.788. The number of carbonyl (C=O) groups is 1. The molecule has 0 radical (unpaired) electrons. The van der Waals surface area contributed by atoms with E-state index in [1.807, 2.05) is 6.92 Å². The number of benzene rings is 2. The Kier molecular flexibility index (Phi) is 4.43. The molecule has 1 aromatic heterocycles. The molecular weight excluding hydrogens is 322 g/mol. The summed E-state index contributed by atoms with van der Waals surface area (Å²) < 4.78 is 10.7. The molecule has 1 amide bonds. The fourth-order valence-corrected chi connectivity index (χ4v) is 2.33. The third-order valence-electron chi connectivity index (χ3n) is 3.91. The molecule has 6 nitrogen and oxygen atoms in total. The fourth-order valence-electron chi connectivity index (χ4n) is 2.33. The maximum absolute atomic E-state index is 12.6. The van der Waals surface area contributed by atoms with Gasteiger partial charge in [0.1, 0.15) is 23.3 Å². The molecule has 0 saturated carbocycles. The lowest BCUT2D eigenvalue weighted by atomic mass is 10.1. The highest BCUT2D eigenvalue weighted by Gasteiger charge is 2.12. The lowest BCUT2D eigenvalue weighted by Gasteiger charge is -2.14. The molecule has 1 N–H and O–H groups in total. The van der Waals surface area contributed by atoms with Crippen LogP contribution < -0.4 is 10.2 Å². The van der Waals surface area contributed by atoms with Crippen LogP contribution in [-0.2, 0) is 0 Å². The van der Waals surface area contributed by atoms with Gasteiger partial charge in [-0.05, 0) is 36.8 Å². The predicted octanol–water partition coefficient (Wildman–Crippen LogP) is 3.62. The lowest BCUT2D eigenvalue weighted by molar-refractivity contribution is 0.165. The Labute approximate surface area is 143 Å². The Balaban J connectivity index is 1.91. The minimum atomic E-state index is -0.444. The van der Waals surface area contributed by atoms with Gasteiger partial charge in [0.05, 0.1) is 10.9 Å².